The van der Waals surface area contributed by atoms with E-state index >= 15 is 0 Å². The van der Waals surface area contributed by atoms with Gasteiger partial charge in [-0.25, -0.2) is 4.98 Å². The molecule has 5 rings (SSSR count). The SMILES string of the molecule is COc1ccc(Cn2c(C)cc(O)c([C@H](c3ccccn3)N3CCN(c4ccccn4)CC3)c2=O)cc1. The summed E-state index contributed by atoms with van der Waals surface area (Å²) in [5, 5.41) is 11.1. The van der Waals surface area contributed by atoms with Crippen molar-refractivity contribution in [3.63, 3.8) is 0 Å². The third-order valence-electron chi connectivity index (χ3n) is 6.92. The molecular formula is C29H31N5O3. The Hall–Kier alpha value is -4.17. The Morgan fingerprint density at radius 1 is 0.946 bits per heavy atom. The number of aromatic hydroxyl groups is 1. The van der Waals surface area contributed by atoms with Crippen LogP contribution in [0.15, 0.2) is 83.9 Å². The molecule has 1 saturated heterocycles. The zero-order valence-electron chi connectivity index (χ0n) is 21.1. The Bertz CT molecular complexity index is 1380. The van der Waals surface area contributed by atoms with Crippen LogP contribution in [0.5, 0.6) is 11.5 Å². The van der Waals surface area contributed by atoms with E-state index in [-0.39, 0.29) is 11.3 Å². The molecule has 3 aromatic heterocycles. The number of hydrogen-bond donors (Lipinski definition) is 1. The molecule has 1 aromatic carbocycles. The van der Waals surface area contributed by atoms with Gasteiger partial charge in [0.2, 0.25) is 0 Å². The average molecular weight is 498 g/mol. The molecule has 0 spiro atoms. The predicted molar refractivity (Wildman–Crippen MR) is 143 cm³/mol. The molecule has 1 fully saturated rings. The number of ether oxygens (including phenoxy) is 1. The van der Waals surface area contributed by atoms with E-state index in [1.165, 1.54) is 0 Å². The fourth-order valence-electron chi connectivity index (χ4n) is 4.94. The summed E-state index contributed by atoms with van der Waals surface area (Å²) >= 11 is 0. The van der Waals surface area contributed by atoms with Crippen molar-refractivity contribution in [2.45, 2.75) is 19.5 Å². The Morgan fingerprint density at radius 3 is 2.27 bits per heavy atom. The molecule has 0 bridgehead atoms. The van der Waals surface area contributed by atoms with E-state index in [1.54, 1.807) is 30.1 Å². The Kier molecular flexibility index (Phi) is 7.18. The molecule has 4 heterocycles. The predicted octanol–water partition coefficient (Wildman–Crippen LogP) is 3.62. The molecular weight excluding hydrogens is 466 g/mol. The minimum Gasteiger partial charge on any atom is -0.507 e. The summed E-state index contributed by atoms with van der Waals surface area (Å²) in [6, 6.07) is 20.5. The van der Waals surface area contributed by atoms with Crippen LogP contribution < -0.4 is 15.2 Å². The molecule has 0 saturated carbocycles. The number of pyridine rings is 3. The minimum absolute atomic E-state index is 0.00344. The lowest BCUT2D eigenvalue weighted by Gasteiger charge is -2.39. The van der Waals surface area contributed by atoms with E-state index in [0.717, 1.165) is 35.9 Å². The Balaban J connectivity index is 1.50. The number of benzene rings is 1. The summed E-state index contributed by atoms with van der Waals surface area (Å²) in [6.07, 6.45) is 3.53. The van der Waals surface area contributed by atoms with Crippen LogP contribution in [0.25, 0.3) is 0 Å². The smallest absolute Gasteiger partial charge is 0.260 e. The molecule has 8 heteroatoms. The number of nitrogens with zero attached hydrogens (tertiary/aromatic N) is 5. The minimum atomic E-state index is -0.470. The van der Waals surface area contributed by atoms with Gasteiger partial charge in [-0.05, 0) is 55.0 Å². The van der Waals surface area contributed by atoms with Crippen molar-refractivity contribution in [3.8, 4) is 11.5 Å². The standard InChI is InChI=1S/C29H31N5O3/c1-21-19-25(35)27(29(36)34(21)20-22-9-11-23(37-2)12-10-22)28(24-7-3-5-13-30-24)33-17-15-32(16-18-33)26-8-4-6-14-31-26/h3-14,19,28,35H,15-18,20H2,1-2H3/t28-/m0/s1. The van der Waals surface area contributed by atoms with E-state index in [9.17, 15) is 9.90 Å². The molecule has 0 aliphatic carbocycles. The second-order valence-corrected chi connectivity index (χ2v) is 9.19. The molecule has 0 amide bonds. The topological polar surface area (TPSA) is 83.7 Å². The fourth-order valence-corrected chi connectivity index (χ4v) is 4.94. The largest absolute Gasteiger partial charge is 0.507 e. The quantitative estimate of drug-likeness (QED) is 0.418. The highest BCUT2D eigenvalue weighted by Crippen LogP contribution is 2.32. The molecule has 1 aliphatic heterocycles. The maximum absolute atomic E-state index is 14.0. The second kappa shape index (κ2) is 10.8. The average Bonchev–Trinajstić information content (AvgIpc) is 2.95. The van der Waals surface area contributed by atoms with E-state index in [0.29, 0.717) is 30.9 Å². The third kappa shape index (κ3) is 5.20. The monoisotopic (exact) mass is 497 g/mol. The number of hydrogen-bond acceptors (Lipinski definition) is 7. The van der Waals surface area contributed by atoms with Crippen molar-refractivity contribution in [2.24, 2.45) is 0 Å². The molecule has 0 unspecified atom stereocenters. The third-order valence-corrected chi connectivity index (χ3v) is 6.92. The van der Waals surface area contributed by atoms with Gasteiger partial charge in [-0.15, -0.1) is 0 Å². The molecule has 0 radical (unpaired) electrons. The molecule has 1 atom stereocenters. The van der Waals surface area contributed by atoms with Crippen molar-refractivity contribution in [1.29, 1.82) is 0 Å². The van der Waals surface area contributed by atoms with E-state index in [2.05, 4.69) is 19.8 Å². The van der Waals surface area contributed by atoms with Gasteiger partial charge in [0.1, 0.15) is 17.3 Å². The van der Waals surface area contributed by atoms with Crippen LogP contribution in [0, 0.1) is 6.92 Å². The molecule has 190 valence electrons. The summed E-state index contributed by atoms with van der Waals surface area (Å²) in [4.78, 5) is 27.5. The highest BCUT2D eigenvalue weighted by Gasteiger charge is 2.32. The lowest BCUT2D eigenvalue weighted by atomic mass is 9.99. The molecule has 1 N–H and O–H groups in total. The number of piperazine rings is 1. The lowest BCUT2D eigenvalue weighted by molar-refractivity contribution is 0.204. The van der Waals surface area contributed by atoms with Crippen LogP contribution >= 0.6 is 0 Å². The van der Waals surface area contributed by atoms with Gasteiger partial charge in [0.25, 0.3) is 5.56 Å². The van der Waals surface area contributed by atoms with Crippen LogP contribution in [-0.4, -0.2) is 57.8 Å². The number of rotatable bonds is 7. The zero-order chi connectivity index (χ0) is 25.8. The maximum Gasteiger partial charge on any atom is 0.260 e. The molecule has 37 heavy (non-hydrogen) atoms. The van der Waals surface area contributed by atoms with Gasteiger partial charge in [0, 0.05) is 44.3 Å². The summed E-state index contributed by atoms with van der Waals surface area (Å²) in [5.41, 5.74) is 2.55. The summed E-state index contributed by atoms with van der Waals surface area (Å²) in [5.74, 6) is 1.70. The van der Waals surface area contributed by atoms with Gasteiger partial charge in [0.05, 0.1) is 31.0 Å². The normalized spacial score (nSPS) is 14.9. The van der Waals surface area contributed by atoms with Crippen LogP contribution in [0.1, 0.15) is 28.6 Å². The number of aromatic nitrogens is 3. The molecule has 4 aromatic rings. The van der Waals surface area contributed by atoms with Gasteiger partial charge in [-0.2, -0.15) is 0 Å². The zero-order valence-corrected chi connectivity index (χ0v) is 21.1. The van der Waals surface area contributed by atoms with Gasteiger partial charge < -0.3 is 19.3 Å². The highest BCUT2D eigenvalue weighted by atomic mass is 16.5. The first-order chi connectivity index (χ1) is 18.0. The van der Waals surface area contributed by atoms with E-state index in [4.69, 9.17) is 4.74 Å². The van der Waals surface area contributed by atoms with Crippen molar-refractivity contribution in [1.82, 2.24) is 19.4 Å². The van der Waals surface area contributed by atoms with Crippen LogP contribution in [0.4, 0.5) is 5.82 Å². The van der Waals surface area contributed by atoms with Gasteiger partial charge in [-0.3, -0.25) is 14.7 Å². The first-order valence-electron chi connectivity index (χ1n) is 12.4. The first kappa shape index (κ1) is 24.5. The van der Waals surface area contributed by atoms with E-state index < -0.39 is 6.04 Å². The van der Waals surface area contributed by atoms with Crippen LogP contribution in [0.3, 0.4) is 0 Å². The molecule has 1 aliphatic rings. The Morgan fingerprint density at radius 2 is 1.65 bits per heavy atom. The fraction of sp³-hybridized carbons (Fsp3) is 0.276. The lowest BCUT2D eigenvalue weighted by Crippen LogP contribution is -2.49. The van der Waals surface area contributed by atoms with Gasteiger partial charge in [0.15, 0.2) is 0 Å². The number of anilines is 1. The van der Waals surface area contributed by atoms with Gasteiger partial charge in [-0.1, -0.05) is 24.3 Å². The van der Waals surface area contributed by atoms with Crippen molar-refractivity contribution >= 4 is 5.82 Å². The number of methoxy groups -OCH3 is 1. The van der Waals surface area contributed by atoms with E-state index in [1.807, 2.05) is 67.6 Å². The summed E-state index contributed by atoms with van der Waals surface area (Å²) < 4.78 is 6.98. The first-order valence-corrected chi connectivity index (χ1v) is 12.4. The van der Waals surface area contributed by atoms with Crippen molar-refractivity contribution in [3.05, 3.63) is 112 Å². The van der Waals surface area contributed by atoms with Crippen molar-refractivity contribution in [2.75, 3.05) is 38.2 Å². The molecule has 8 nitrogen and oxygen atoms in total. The number of aryl methyl sites for hydroxylation is 1. The van der Waals surface area contributed by atoms with Crippen LogP contribution in [0.2, 0.25) is 0 Å². The maximum atomic E-state index is 14.0. The highest BCUT2D eigenvalue weighted by molar-refractivity contribution is 5.41. The Labute approximate surface area is 216 Å². The second-order valence-electron chi connectivity index (χ2n) is 9.19. The van der Waals surface area contributed by atoms with Crippen LogP contribution in [-0.2, 0) is 6.54 Å². The summed E-state index contributed by atoms with van der Waals surface area (Å²) in [7, 11) is 1.63. The van der Waals surface area contributed by atoms with Gasteiger partial charge >= 0.3 is 0 Å². The summed E-state index contributed by atoms with van der Waals surface area (Å²) in [6.45, 7) is 5.15. The van der Waals surface area contributed by atoms with Crippen molar-refractivity contribution < 1.29 is 9.84 Å².